The first-order valence-electron chi connectivity index (χ1n) is 16.4. The maximum Gasteiger partial charge on any atom is 0.303 e. The smallest absolute Gasteiger partial charge is 0.303 e. The molecule has 0 aliphatic carbocycles. The van der Waals surface area contributed by atoms with E-state index in [9.17, 15) is 14.7 Å². The Morgan fingerprint density at radius 3 is 2.32 bits per heavy atom. The van der Waals surface area contributed by atoms with Gasteiger partial charge < -0.3 is 39.0 Å². The second-order valence-electron chi connectivity index (χ2n) is 12.5. The molecule has 3 aromatic carbocycles. The minimum absolute atomic E-state index is 0.000699. The Labute approximate surface area is 275 Å². The van der Waals surface area contributed by atoms with Crippen LogP contribution in [0.3, 0.4) is 0 Å². The van der Waals surface area contributed by atoms with Crippen LogP contribution < -0.4 is 5.32 Å². The number of benzene rings is 3. The Morgan fingerprint density at radius 2 is 1.64 bits per heavy atom. The van der Waals surface area contributed by atoms with Crippen LogP contribution in [0.15, 0.2) is 72.8 Å². The summed E-state index contributed by atoms with van der Waals surface area (Å²) in [6.07, 6.45) is 0.790. The standard InChI is InChI=1S/C37H44N2O8/c1-25(45-26(2)41)35(42)38-22-31-5-3-4-6-33(31)28-11-13-30(14-12-28)36-46-32(21-34(47-36)29-9-7-27(24-40)8-10-29)23-39-17-15-37(16-18-39)43-19-20-44-37/h3-14,25,32,34,36,40H,15-24H2,1-2H3,(H,38,42). The number of esters is 1. The summed E-state index contributed by atoms with van der Waals surface area (Å²) >= 11 is 0. The molecule has 0 bridgehead atoms. The Hall–Kier alpha value is -3.64. The van der Waals surface area contributed by atoms with Crippen LogP contribution in [0.1, 0.15) is 67.8 Å². The number of piperidine rings is 1. The summed E-state index contributed by atoms with van der Waals surface area (Å²) in [6.45, 7) is 7.03. The summed E-state index contributed by atoms with van der Waals surface area (Å²) in [7, 11) is 0. The molecule has 2 N–H and O–H groups in total. The van der Waals surface area contributed by atoms with Crippen LogP contribution in [-0.2, 0) is 46.4 Å². The first-order chi connectivity index (χ1) is 22.8. The van der Waals surface area contributed by atoms with Crippen LogP contribution in [-0.4, -0.2) is 72.7 Å². The lowest BCUT2D eigenvalue weighted by atomic mass is 9.97. The second kappa shape index (κ2) is 15.1. The molecule has 3 fully saturated rings. The lowest BCUT2D eigenvalue weighted by Gasteiger charge is -2.41. The number of nitrogens with zero attached hydrogens (tertiary/aromatic N) is 1. The molecule has 1 amide bonds. The zero-order valence-corrected chi connectivity index (χ0v) is 27.1. The number of carbonyl (C=O) groups excluding carboxylic acids is 2. The molecule has 4 unspecified atom stereocenters. The molecule has 4 atom stereocenters. The van der Waals surface area contributed by atoms with Gasteiger partial charge in [0.05, 0.1) is 32.0 Å². The van der Waals surface area contributed by atoms with Crippen LogP contribution in [0.2, 0.25) is 0 Å². The summed E-state index contributed by atoms with van der Waals surface area (Å²) in [5.41, 5.74) is 5.76. The van der Waals surface area contributed by atoms with Gasteiger partial charge in [-0.2, -0.15) is 0 Å². The van der Waals surface area contributed by atoms with Gasteiger partial charge >= 0.3 is 5.97 Å². The number of likely N-dealkylation sites (tertiary alicyclic amines) is 1. The van der Waals surface area contributed by atoms with Crippen molar-refractivity contribution < 1.29 is 38.4 Å². The third kappa shape index (κ3) is 8.27. The van der Waals surface area contributed by atoms with E-state index in [4.69, 9.17) is 23.7 Å². The van der Waals surface area contributed by atoms with E-state index in [-0.39, 0.29) is 24.7 Å². The summed E-state index contributed by atoms with van der Waals surface area (Å²) in [5, 5.41) is 12.4. The van der Waals surface area contributed by atoms with E-state index >= 15 is 0 Å². The number of carbonyl (C=O) groups is 2. The van der Waals surface area contributed by atoms with E-state index < -0.39 is 24.2 Å². The maximum absolute atomic E-state index is 12.5. The Bertz CT molecular complexity index is 1500. The van der Waals surface area contributed by atoms with Gasteiger partial charge in [-0.3, -0.25) is 9.59 Å². The zero-order valence-electron chi connectivity index (χ0n) is 27.1. The van der Waals surface area contributed by atoms with E-state index in [1.165, 1.54) is 6.92 Å². The fourth-order valence-corrected chi connectivity index (χ4v) is 6.59. The molecular formula is C37H44N2O8. The van der Waals surface area contributed by atoms with Gasteiger partial charge in [-0.25, -0.2) is 0 Å². The molecule has 0 aromatic heterocycles. The fourth-order valence-electron chi connectivity index (χ4n) is 6.59. The van der Waals surface area contributed by atoms with E-state index in [0.717, 1.165) is 72.3 Å². The molecule has 250 valence electrons. The first kappa shape index (κ1) is 33.3. The van der Waals surface area contributed by atoms with Gasteiger partial charge in [0.2, 0.25) is 0 Å². The highest BCUT2D eigenvalue weighted by molar-refractivity contribution is 5.83. The van der Waals surface area contributed by atoms with Gasteiger partial charge in [-0.15, -0.1) is 0 Å². The lowest BCUT2D eigenvalue weighted by molar-refractivity contribution is -0.255. The van der Waals surface area contributed by atoms with Crippen molar-refractivity contribution in [3.63, 3.8) is 0 Å². The first-order valence-corrected chi connectivity index (χ1v) is 16.4. The molecule has 3 aromatic rings. The topological polar surface area (TPSA) is 116 Å². The van der Waals surface area contributed by atoms with Crippen molar-refractivity contribution in [2.75, 3.05) is 32.8 Å². The Kier molecular flexibility index (Phi) is 10.7. The molecule has 1 spiro atoms. The zero-order chi connectivity index (χ0) is 32.8. The molecular weight excluding hydrogens is 600 g/mol. The number of aliphatic hydroxyl groups excluding tert-OH is 1. The van der Waals surface area contributed by atoms with E-state index in [1.807, 2.05) is 72.8 Å². The minimum Gasteiger partial charge on any atom is -0.453 e. The average molecular weight is 645 g/mol. The van der Waals surface area contributed by atoms with E-state index in [0.29, 0.717) is 19.8 Å². The number of aliphatic hydroxyl groups is 1. The lowest BCUT2D eigenvalue weighted by Crippen LogP contribution is -2.48. The molecule has 10 heteroatoms. The quantitative estimate of drug-likeness (QED) is 0.301. The number of hydrogen-bond acceptors (Lipinski definition) is 9. The number of rotatable bonds is 10. The van der Waals surface area contributed by atoms with Crippen LogP contribution >= 0.6 is 0 Å². The highest BCUT2D eigenvalue weighted by Crippen LogP contribution is 2.39. The SMILES string of the molecule is CC(=O)OC(C)C(=O)NCc1ccccc1-c1ccc(C2OC(CN3CCC4(CC3)OCCO4)CC(c3ccc(CO)cc3)O2)cc1. The van der Waals surface area contributed by atoms with Crippen molar-refractivity contribution in [2.45, 2.75) is 76.7 Å². The van der Waals surface area contributed by atoms with Crippen molar-refractivity contribution in [1.29, 1.82) is 0 Å². The van der Waals surface area contributed by atoms with Crippen LogP contribution in [0.4, 0.5) is 0 Å². The average Bonchev–Trinajstić information content (AvgIpc) is 3.56. The summed E-state index contributed by atoms with van der Waals surface area (Å²) in [5.74, 6) is -1.26. The molecule has 3 aliphatic rings. The number of nitrogens with one attached hydrogen (secondary N) is 1. The summed E-state index contributed by atoms with van der Waals surface area (Å²) in [4.78, 5) is 26.1. The van der Waals surface area contributed by atoms with Gasteiger partial charge in [-0.05, 0) is 34.7 Å². The van der Waals surface area contributed by atoms with Crippen LogP contribution in [0, 0.1) is 0 Å². The van der Waals surface area contributed by atoms with Gasteiger partial charge in [0.15, 0.2) is 18.2 Å². The van der Waals surface area contributed by atoms with Gasteiger partial charge in [0.1, 0.15) is 0 Å². The predicted molar refractivity (Wildman–Crippen MR) is 174 cm³/mol. The fraction of sp³-hybridized carbons (Fsp3) is 0.459. The third-order valence-corrected chi connectivity index (χ3v) is 9.18. The van der Waals surface area contributed by atoms with Crippen molar-refractivity contribution >= 4 is 11.9 Å². The summed E-state index contributed by atoms with van der Waals surface area (Å²) < 4.78 is 30.1. The molecule has 47 heavy (non-hydrogen) atoms. The highest BCUT2D eigenvalue weighted by atomic mass is 16.7. The van der Waals surface area contributed by atoms with Gasteiger partial charge in [-0.1, -0.05) is 72.8 Å². The third-order valence-electron chi connectivity index (χ3n) is 9.18. The van der Waals surface area contributed by atoms with Gasteiger partial charge in [0, 0.05) is 57.9 Å². The number of amides is 1. The van der Waals surface area contributed by atoms with Crippen molar-refractivity contribution in [1.82, 2.24) is 10.2 Å². The Balaban J connectivity index is 1.16. The van der Waals surface area contributed by atoms with E-state index in [1.54, 1.807) is 6.92 Å². The Morgan fingerprint density at radius 1 is 0.957 bits per heavy atom. The maximum atomic E-state index is 12.5. The number of hydrogen-bond donors (Lipinski definition) is 2. The van der Waals surface area contributed by atoms with Crippen LogP contribution in [0.5, 0.6) is 0 Å². The molecule has 0 saturated carbocycles. The highest BCUT2D eigenvalue weighted by Gasteiger charge is 2.41. The van der Waals surface area contributed by atoms with Crippen molar-refractivity contribution in [3.05, 3.63) is 95.1 Å². The normalized spacial score (nSPS) is 23.3. The molecule has 3 saturated heterocycles. The summed E-state index contributed by atoms with van der Waals surface area (Å²) in [6, 6.07) is 24.0. The molecule has 3 heterocycles. The van der Waals surface area contributed by atoms with Crippen molar-refractivity contribution in [3.8, 4) is 11.1 Å². The molecule has 10 nitrogen and oxygen atoms in total. The monoisotopic (exact) mass is 644 g/mol. The molecule has 0 radical (unpaired) electrons. The van der Waals surface area contributed by atoms with Crippen molar-refractivity contribution in [2.24, 2.45) is 0 Å². The van der Waals surface area contributed by atoms with Crippen LogP contribution in [0.25, 0.3) is 11.1 Å². The van der Waals surface area contributed by atoms with E-state index in [2.05, 4.69) is 10.2 Å². The largest absolute Gasteiger partial charge is 0.453 e. The number of ether oxygens (including phenoxy) is 5. The minimum atomic E-state index is -0.864. The second-order valence-corrected chi connectivity index (χ2v) is 12.5. The van der Waals surface area contributed by atoms with Gasteiger partial charge in [0.25, 0.3) is 5.91 Å². The predicted octanol–water partition coefficient (Wildman–Crippen LogP) is 4.80. The molecule has 3 aliphatic heterocycles. The molecule has 6 rings (SSSR count).